The molecular formula is C13H20N2O2. The number of aliphatic hydroxyl groups is 1. The minimum atomic E-state index is -0.335. The van der Waals surface area contributed by atoms with Gasteiger partial charge >= 0.3 is 0 Å². The van der Waals surface area contributed by atoms with Crippen molar-refractivity contribution >= 4 is 5.91 Å². The summed E-state index contributed by atoms with van der Waals surface area (Å²) >= 11 is 0. The van der Waals surface area contributed by atoms with E-state index in [9.17, 15) is 9.90 Å². The summed E-state index contributed by atoms with van der Waals surface area (Å²) in [5, 5.41) is 15.1. The third-order valence-corrected chi connectivity index (χ3v) is 2.39. The van der Waals surface area contributed by atoms with Gasteiger partial charge in [-0.3, -0.25) is 4.79 Å². The Morgan fingerprint density at radius 2 is 1.94 bits per heavy atom. The first-order valence-corrected chi connectivity index (χ1v) is 5.82. The van der Waals surface area contributed by atoms with Gasteiger partial charge in [0.2, 0.25) is 5.91 Å². The van der Waals surface area contributed by atoms with Crippen molar-refractivity contribution in [1.82, 2.24) is 10.6 Å². The number of aliphatic hydroxyl groups excluding tert-OH is 1. The van der Waals surface area contributed by atoms with Gasteiger partial charge in [-0.15, -0.1) is 0 Å². The molecule has 1 rings (SSSR count). The van der Waals surface area contributed by atoms with E-state index in [0.29, 0.717) is 0 Å². The maximum Gasteiger partial charge on any atom is 0.234 e. The highest BCUT2D eigenvalue weighted by atomic mass is 16.3. The van der Waals surface area contributed by atoms with Gasteiger partial charge in [0.1, 0.15) is 0 Å². The number of hydrogen-bond acceptors (Lipinski definition) is 3. The van der Waals surface area contributed by atoms with Gasteiger partial charge in [0, 0.05) is 6.04 Å². The lowest BCUT2D eigenvalue weighted by Gasteiger charge is -2.17. The van der Waals surface area contributed by atoms with Gasteiger partial charge in [0.15, 0.2) is 0 Å². The molecule has 17 heavy (non-hydrogen) atoms. The molecule has 3 N–H and O–H groups in total. The predicted octanol–water partition coefficient (Wildman–Crippen LogP) is 0.834. The summed E-state index contributed by atoms with van der Waals surface area (Å²) in [6.07, 6.45) is 0. The molecule has 0 aliphatic heterocycles. The third kappa shape index (κ3) is 4.97. The maximum atomic E-state index is 11.6. The molecular weight excluding hydrogens is 216 g/mol. The van der Waals surface area contributed by atoms with Crippen LogP contribution in [0.25, 0.3) is 0 Å². The molecule has 0 saturated heterocycles. The molecule has 1 aromatic carbocycles. The molecule has 1 unspecified atom stereocenters. The molecule has 0 spiro atoms. The zero-order valence-corrected chi connectivity index (χ0v) is 10.3. The lowest BCUT2D eigenvalue weighted by Crippen LogP contribution is -2.39. The highest BCUT2D eigenvalue weighted by molar-refractivity contribution is 5.78. The molecule has 4 heteroatoms. The first-order chi connectivity index (χ1) is 8.13. The second-order valence-electron chi connectivity index (χ2n) is 4.25. The molecule has 0 aliphatic rings. The van der Waals surface area contributed by atoms with Gasteiger partial charge in [-0.25, -0.2) is 0 Å². The number of benzene rings is 1. The van der Waals surface area contributed by atoms with Gasteiger partial charge < -0.3 is 15.7 Å². The van der Waals surface area contributed by atoms with Crippen LogP contribution in [0.5, 0.6) is 0 Å². The Morgan fingerprint density at radius 3 is 2.47 bits per heavy atom. The van der Waals surface area contributed by atoms with Crippen molar-refractivity contribution < 1.29 is 9.90 Å². The van der Waals surface area contributed by atoms with E-state index in [1.165, 1.54) is 0 Å². The highest BCUT2D eigenvalue weighted by Gasteiger charge is 2.12. The quantitative estimate of drug-likeness (QED) is 0.685. The third-order valence-electron chi connectivity index (χ3n) is 2.39. The van der Waals surface area contributed by atoms with Crippen molar-refractivity contribution in [1.29, 1.82) is 0 Å². The van der Waals surface area contributed by atoms with E-state index in [4.69, 9.17) is 0 Å². The molecule has 1 atom stereocenters. The number of amides is 1. The van der Waals surface area contributed by atoms with Crippen molar-refractivity contribution in [3.8, 4) is 0 Å². The van der Waals surface area contributed by atoms with Crippen LogP contribution in [0.4, 0.5) is 0 Å². The lowest BCUT2D eigenvalue weighted by atomic mass is 10.1. The van der Waals surface area contributed by atoms with Crippen molar-refractivity contribution in [2.24, 2.45) is 0 Å². The van der Waals surface area contributed by atoms with Crippen LogP contribution >= 0.6 is 0 Å². The normalized spacial score (nSPS) is 12.5. The van der Waals surface area contributed by atoms with E-state index in [-0.39, 0.29) is 31.1 Å². The predicted molar refractivity (Wildman–Crippen MR) is 67.6 cm³/mol. The van der Waals surface area contributed by atoms with Crippen LogP contribution in [0, 0.1) is 0 Å². The zero-order valence-electron chi connectivity index (χ0n) is 10.3. The Bertz CT molecular complexity index is 339. The summed E-state index contributed by atoms with van der Waals surface area (Å²) in [5.74, 6) is -0.110. The van der Waals surface area contributed by atoms with E-state index in [1.54, 1.807) is 0 Å². The van der Waals surface area contributed by atoms with Crippen molar-refractivity contribution in [2.75, 3.05) is 13.2 Å². The van der Waals surface area contributed by atoms with Gasteiger partial charge in [0.05, 0.1) is 19.2 Å². The van der Waals surface area contributed by atoms with Crippen LogP contribution in [0.3, 0.4) is 0 Å². The van der Waals surface area contributed by atoms with E-state index in [1.807, 2.05) is 44.2 Å². The Morgan fingerprint density at radius 1 is 1.29 bits per heavy atom. The SMILES string of the molecule is CC(C)NCC(=O)NC(CO)c1ccccc1. The Hall–Kier alpha value is -1.39. The van der Waals surface area contributed by atoms with Crippen LogP contribution in [0.1, 0.15) is 25.5 Å². The summed E-state index contributed by atoms with van der Waals surface area (Å²) in [4.78, 5) is 11.6. The van der Waals surface area contributed by atoms with Crippen molar-refractivity contribution in [2.45, 2.75) is 25.9 Å². The Kier molecular flexibility index (Phi) is 5.66. The van der Waals surface area contributed by atoms with Gasteiger partial charge in [-0.05, 0) is 5.56 Å². The molecule has 0 aromatic heterocycles. The molecule has 0 radical (unpaired) electrons. The summed E-state index contributed by atoms with van der Waals surface area (Å²) < 4.78 is 0. The number of nitrogens with one attached hydrogen (secondary N) is 2. The van der Waals surface area contributed by atoms with Crippen LogP contribution in [0.15, 0.2) is 30.3 Å². The van der Waals surface area contributed by atoms with E-state index in [0.717, 1.165) is 5.56 Å². The highest BCUT2D eigenvalue weighted by Crippen LogP contribution is 2.10. The largest absolute Gasteiger partial charge is 0.394 e. The number of rotatable bonds is 6. The van der Waals surface area contributed by atoms with E-state index >= 15 is 0 Å². The fraction of sp³-hybridized carbons (Fsp3) is 0.462. The van der Waals surface area contributed by atoms with Gasteiger partial charge in [0.25, 0.3) is 0 Å². The summed E-state index contributed by atoms with van der Waals surface area (Å²) in [6.45, 7) is 4.13. The first-order valence-electron chi connectivity index (χ1n) is 5.82. The monoisotopic (exact) mass is 236 g/mol. The average Bonchev–Trinajstić information content (AvgIpc) is 2.34. The first kappa shape index (κ1) is 13.7. The lowest BCUT2D eigenvalue weighted by molar-refractivity contribution is -0.121. The number of hydrogen-bond donors (Lipinski definition) is 3. The molecule has 0 bridgehead atoms. The second kappa shape index (κ2) is 7.04. The molecule has 0 aliphatic carbocycles. The second-order valence-corrected chi connectivity index (χ2v) is 4.25. The Balaban J connectivity index is 2.50. The molecule has 0 fully saturated rings. The smallest absolute Gasteiger partial charge is 0.234 e. The van der Waals surface area contributed by atoms with Crippen molar-refractivity contribution in [3.63, 3.8) is 0 Å². The molecule has 94 valence electrons. The van der Waals surface area contributed by atoms with E-state index < -0.39 is 0 Å². The standard InChI is InChI=1S/C13H20N2O2/c1-10(2)14-8-13(17)15-12(9-16)11-6-4-3-5-7-11/h3-7,10,12,14,16H,8-9H2,1-2H3,(H,15,17). The topological polar surface area (TPSA) is 61.4 Å². The average molecular weight is 236 g/mol. The number of carbonyl (C=O) groups is 1. The number of carbonyl (C=O) groups excluding carboxylic acids is 1. The molecule has 1 aromatic rings. The molecule has 4 nitrogen and oxygen atoms in total. The van der Waals surface area contributed by atoms with Crippen LogP contribution < -0.4 is 10.6 Å². The minimum absolute atomic E-state index is 0.0998. The molecule has 1 amide bonds. The molecule has 0 saturated carbocycles. The van der Waals surface area contributed by atoms with Gasteiger partial charge in [-0.2, -0.15) is 0 Å². The Labute approximate surface area is 102 Å². The fourth-order valence-corrected chi connectivity index (χ4v) is 1.46. The van der Waals surface area contributed by atoms with Crippen LogP contribution in [-0.2, 0) is 4.79 Å². The maximum absolute atomic E-state index is 11.6. The zero-order chi connectivity index (χ0) is 12.7. The molecule has 0 heterocycles. The summed E-state index contributed by atoms with van der Waals surface area (Å²) in [6, 6.07) is 9.38. The van der Waals surface area contributed by atoms with Crippen LogP contribution in [-0.4, -0.2) is 30.2 Å². The summed E-state index contributed by atoms with van der Waals surface area (Å²) in [5.41, 5.74) is 0.910. The van der Waals surface area contributed by atoms with Crippen molar-refractivity contribution in [3.05, 3.63) is 35.9 Å². The minimum Gasteiger partial charge on any atom is -0.394 e. The van der Waals surface area contributed by atoms with Crippen LogP contribution in [0.2, 0.25) is 0 Å². The fourth-order valence-electron chi connectivity index (χ4n) is 1.46. The summed E-state index contributed by atoms with van der Waals surface area (Å²) in [7, 11) is 0. The van der Waals surface area contributed by atoms with E-state index in [2.05, 4.69) is 10.6 Å². The van der Waals surface area contributed by atoms with Gasteiger partial charge in [-0.1, -0.05) is 44.2 Å².